The molecule has 2 aromatic carbocycles. The van der Waals surface area contributed by atoms with E-state index < -0.39 is 15.9 Å². The summed E-state index contributed by atoms with van der Waals surface area (Å²) in [7, 11) is -3.03. The van der Waals surface area contributed by atoms with Gasteiger partial charge in [-0.2, -0.15) is 0 Å². The highest BCUT2D eigenvalue weighted by atomic mass is 32.2. The van der Waals surface area contributed by atoms with Crippen molar-refractivity contribution < 1.29 is 13.2 Å². The van der Waals surface area contributed by atoms with E-state index >= 15 is 0 Å². The Morgan fingerprint density at radius 2 is 1.81 bits per heavy atom. The van der Waals surface area contributed by atoms with E-state index in [2.05, 4.69) is 36.3 Å². The predicted octanol–water partition coefficient (Wildman–Crippen LogP) is 3.84. The van der Waals surface area contributed by atoms with Gasteiger partial charge in [0.25, 0.3) is 0 Å². The monoisotopic (exact) mass is 455 g/mol. The van der Waals surface area contributed by atoms with Crippen LogP contribution >= 0.6 is 11.3 Å². The minimum atomic E-state index is -3.03. The first-order valence-electron chi connectivity index (χ1n) is 10.2. The van der Waals surface area contributed by atoms with E-state index in [0.717, 1.165) is 22.4 Å². The largest absolute Gasteiger partial charge is 0.300 e. The van der Waals surface area contributed by atoms with Gasteiger partial charge in [-0.3, -0.25) is 9.69 Å². The fraction of sp³-hybridized carbons (Fsp3) is 0.304. The van der Waals surface area contributed by atoms with Gasteiger partial charge in [0.15, 0.2) is 15.0 Å². The van der Waals surface area contributed by atoms with E-state index in [-0.39, 0.29) is 17.4 Å². The van der Waals surface area contributed by atoms with Crippen molar-refractivity contribution >= 4 is 32.2 Å². The summed E-state index contributed by atoms with van der Waals surface area (Å²) >= 11 is 1.39. The number of carbonyl (C=O) groups is 1. The van der Waals surface area contributed by atoms with Crippen molar-refractivity contribution in [2.45, 2.75) is 19.9 Å². The first-order chi connectivity index (χ1) is 14.8. The van der Waals surface area contributed by atoms with Gasteiger partial charge >= 0.3 is 0 Å². The summed E-state index contributed by atoms with van der Waals surface area (Å²) in [6.45, 7) is 4.77. The van der Waals surface area contributed by atoms with E-state index in [0.29, 0.717) is 18.2 Å². The quantitative estimate of drug-likeness (QED) is 0.632. The van der Waals surface area contributed by atoms with Gasteiger partial charge in [-0.1, -0.05) is 54.1 Å². The lowest BCUT2D eigenvalue weighted by molar-refractivity contribution is -0.121. The zero-order valence-electron chi connectivity index (χ0n) is 17.5. The highest BCUT2D eigenvalue weighted by Crippen LogP contribution is 2.30. The van der Waals surface area contributed by atoms with Crippen molar-refractivity contribution in [3.8, 4) is 11.3 Å². The van der Waals surface area contributed by atoms with E-state index in [1.54, 1.807) is 0 Å². The summed E-state index contributed by atoms with van der Waals surface area (Å²) in [4.78, 5) is 19.9. The van der Waals surface area contributed by atoms with Crippen LogP contribution in [0.15, 0.2) is 53.9 Å². The molecule has 1 amide bonds. The van der Waals surface area contributed by atoms with E-state index in [4.69, 9.17) is 0 Å². The van der Waals surface area contributed by atoms with Crippen LogP contribution in [0.2, 0.25) is 0 Å². The van der Waals surface area contributed by atoms with Gasteiger partial charge in [-0.05, 0) is 25.0 Å². The molecule has 8 heteroatoms. The third-order valence-corrected chi connectivity index (χ3v) is 7.87. The number of thiazole rings is 1. The molecule has 0 aliphatic carbocycles. The van der Waals surface area contributed by atoms with Crippen LogP contribution in [0.5, 0.6) is 0 Å². The standard InChI is InChI=1S/C23H25N3O3S2/c1-16-8-9-19(17(2)14-16)20-15-30-23(24-20)25-22(27)21(18-6-4-3-5-7-18)26-10-12-31(28,29)13-11-26/h3-9,14-15,21H,10-13H2,1-2H3,(H,24,25,27). The molecule has 1 aliphatic rings. The summed E-state index contributed by atoms with van der Waals surface area (Å²) in [5.41, 5.74) is 5.05. The number of rotatable bonds is 5. The number of aryl methyl sites for hydroxylation is 2. The molecule has 1 unspecified atom stereocenters. The van der Waals surface area contributed by atoms with Gasteiger partial charge in [0.1, 0.15) is 6.04 Å². The van der Waals surface area contributed by atoms with E-state index in [1.165, 1.54) is 16.9 Å². The fourth-order valence-electron chi connectivity index (χ4n) is 3.88. The molecule has 0 radical (unpaired) electrons. The smallest absolute Gasteiger partial charge is 0.248 e. The topological polar surface area (TPSA) is 79.4 Å². The third kappa shape index (κ3) is 5.03. The van der Waals surface area contributed by atoms with Crippen LogP contribution in [0.25, 0.3) is 11.3 Å². The molecule has 3 aromatic rings. The predicted molar refractivity (Wildman–Crippen MR) is 125 cm³/mol. The molecular formula is C23H25N3O3S2. The summed E-state index contributed by atoms with van der Waals surface area (Å²) in [6.07, 6.45) is 0. The summed E-state index contributed by atoms with van der Waals surface area (Å²) < 4.78 is 23.7. The maximum Gasteiger partial charge on any atom is 0.248 e. The summed E-state index contributed by atoms with van der Waals surface area (Å²) in [5, 5.41) is 5.43. The van der Waals surface area contributed by atoms with Gasteiger partial charge < -0.3 is 5.32 Å². The number of carbonyl (C=O) groups excluding carboxylic acids is 1. The van der Waals surface area contributed by atoms with Gasteiger partial charge in [0, 0.05) is 24.0 Å². The highest BCUT2D eigenvalue weighted by molar-refractivity contribution is 7.91. The number of hydrogen-bond donors (Lipinski definition) is 1. The van der Waals surface area contributed by atoms with Gasteiger partial charge in [0.05, 0.1) is 17.2 Å². The minimum absolute atomic E-state index is 0.0672. The van der Waals surface area contributed by atoms with Crippen LogP contribution in [-0.4, -0.2) is 48.8 Å². The van der Waals surface area contributed by atoms with Crippen LogP contribution in [0.3, 0.4) is 0 Å². The average molecular weight is 456 g/mol. The highest BCUT2D eigenvalue weighted by Gasteiger charge is 2.32. The number of nitrogens with zero attached hydrogens (tertiary/aromatic N) is 2. The Balaban J connectivity index is 1.56. The maximum absolute atomic E-state index is 13.3. The summed E-state index contributed by atoms with van der Waals surface area (Å²) in [5.74, 6) is -0.0675. The van der Waals surface area contributed by atoms with Crippen LogP contribution in [0.1, 0.15) is 22.7 Å². The number of benzene rings is 2. The van der Waals surface area contributed by atoms with Gasteiger partial charge in [0.2, 0.25) is 5.91 Å². The molecule has 1 N–H and O–H groups in total. The van der Waals surface area contributed by atoms with Crippen molar-refractivity contribution in [3.63, 3.8) is 0 Å². The molecular weight excluding hydrogens is 430 g/mol. The number of nitrogens with one attached hydrogen (secondary N) is 1. The van der Waals surface area contributed by atoms with E-state index in [9.17, 15) is 13.2 Å². The molecule has 0 spiro atoms. The summed E-state index contributed by atoms with van der Waals surface area (Å²) in [6, 6.07) is 15.1. The molecule has 1 saturated heterocycles. The Hall–Kier alpha value is -2.55. The van der Waals surface area contributed by atoms with E-state index in [1.807, 2.05) is 46.7 Å². The number of aromatic nitrogens is 1. The third-order valence-electron chi connectivity index (χ3n) is 5.50. The Morgan fingerprint density at radius 3 is 2.48 bits per heavy atom. The molecule has 1 fully saturated rings. The van der Waals surface area contributed by atoms with Crippen LogP contribution in [0.4, 0.5) is 5.13 Å². The molecule has 162 valence electrons. The number of amides is 1. The Morgan fingerprint density at radius 1 is 1.10 bits per heavy atom. The first kappa shape index (κ1) is 21.7. The zero-order chi connectivity index (χ0) is 22.0. The first-order valence-corrected chi connectivity index (χ1v) is 12.9. The molecule has 1 atom stereocenters. The normalized spacial score (nSPS) is 17.2. The minimum Gasteiger partial charge on any atom is -0.300 e. The zero-order valence-corrected chi connectivity index (χ0v) is 19.2. The number of sulfone groups is 1. The van der Waals surface area contributed by atoms with Crippen LogP contribution in [0, 0.1) is 13.8 Å². The van der Waals surface area contributed by atoms with Crippen LogP contribution in [-0.2, 0) is 14.6 Å². The average Bonchev–Trinajstić information content (AvgIpc) is 3.18. The Kier molecular flexibility index (Phi) is 6.22. The second-order valence-electron chi connectivity index (χ2n) is 7.85. The maximum atomic E-state index is 13.3. The molecule has 0 saturated carbocycles. The van der Waals surface area contributed by atoms with Crippen molar-refractivity contribution in [3.05, 3.63) is 70.6 Å². The van der Waals surface area contributed by atoms with Gasteiger partial charge in [-0.15, -0.1) is 11.3 Å². The molecule has 6 nitrogen and oxygen atoms in total. The SMILES string of the molecule is Cc1ccc(-c2csc(NC(=O)C(c3ccccc3)N3CCS(=O)(=O)CC3)n2)c(C)c1. The molecule has 0 bridgehead atoms. The second-order valence-corrected chi connectivity index (χ2v) is 11.0. The van der Waals surface area contributed by atoms with Crippen molar-refractivity contribution in [1.29, 1.82) is 0 Å². The number of anilines is 1. The van der Waals surface area contributed by atoms with Gasteiger partial charge in [-0.25, -0.2) is 13.4 Å². The number of hydrogen-bond acceptors (Lipinski definition) is 6. The Labute approximate surface area is 186 Å². The molecule has 1 aliphatic heterocycles. The fourth-order valence-corrected chi connectivity index (χ4v) is 5.82. The molecule has 2 heterocycles. The molecule has 4 rings (SSSR count). The van der Waals surface area contributed by atoms with Crippen molar-refractivity contribution in [1.82, 2.24) is 9.88 Å². The molecule has 31 heavy (non-hydrogen) atoms. The Bertz CT molecular complexity index is 1180. The lowest BCUT2D eigenvalue weighted by Gasteiger charge is -2.33. The van der Waals surface area contributed by atoms with Crippen molar-refractivity contribution in [2.24, 2.45) is 0 Å². The lowest BCUT2D eigenvalue weighted by atomic mass is 10.0. The van der Waals surface area contributed by atoms with Crippen LogP contribution < -0.4 is 5.32 Å². The lowest BCUT2D eigenvalue weighted by Crippen LogP contribution is -2.46. The second kappa shape index (κ2) is 8.90. The molecule has 1 aromatic heterocycles. The van der Waals surface area contributed by atoms with Crippen molar-refractivity contribution in [2.75, 3.05) is 29.9 Å².